The van der Waals surface area contributed by atoms with Gasteiger partial charge in [-0.3, -0.25) is 28.9 Å². The number of carbonyl (C=O) groups is 5. The van der Waals surface area contributed by atoms with Gasteiger partial charge in [-0.15, -0.1) is 23.7 Å². The molecule has 4 amide bonds. The van der Waals surface area contributed by atoms with E-state index in [1.54, 1.807) is 38.3 Å². The van der Waals surface area contributed by atoms with E-state index in [1.807, 2.05) is 51.8 Å². The van der Waals surface area contributed by atoms with Gasteiger partial charge in [0.05, 0.1) is 24.1 Å². The third-order valence-corrected chi connectivity index (χ3v) is 12.0. The molecule has 1 fully saturated rings. The number of nitrogens with one attached hydrogen (secondary N) is 3. The maximum absolute atomic E-state index is 14.8. The normalized spacial score (nSPS) is 17.0. The summed E-state index contributed by atoms with van der Waals surface area (Å²) >= 11 is 1.12. The van der Waals surface area contributed by atoms with Gasteiger partial charge in [0.25, 0.3) is 11.8 Å². The molecule has 0 radical (unpaired) electrons. The molecule has 1 aliphatic rings. The summed E-state index contributed by atoms with van der Waals surface area (Å²) in [4.78, 5) is 80.4. The van der Waals surface area contributed by atoms with Crippen LogP contribution in [0.3, 0.4) is 0 Å². The summed E-state index contributed by atoms with van der Waals surface area (Å²) in [6.45, 7) is 13.9. The lowest BCUT2D eigenvalue weighted by atomic mass is 9.84. The van der Waals surface area contributed by atoms with Crippen LogP contribution in [0.1, 0.15) is 127 Å². The Morgan fingerprint density at radius 1 is 1.12 bits per heavy atom. The minimum atomic E-state index is -1.15. The van der Waals surface area contributed by atoms with Gasteiger partial charge in [0, 0.05) is 36.5 Å². The van der Waals surface area contributed by atoms with Crippen molar-refractivity contribution >= 4 is 46.8 Å². The second kappa shape index (κ2) is 23.9. The Morgan fingerprint density at radius 3 is 2.42 bits per heavy atom. The number of aliphatic carboxylic acids is 1. The van der Waals surface area contributed by atoms with Crippen molar-refractivity contribution in [1.82, 2.24) is 30.9 Å². The Bertz CT molecular complexity index is 1760. The number of nitrogen functional groups attached to an aromatic ring is 1. The number of amides is 4. The van der Waals surface area contributed by atoms with Crippen LogP contribution >= 0.6 is 11.3 Å². The minimum Gasteiger partial charge on any atom is -0.481 e. The highest BCUT2D eigenvalue weighted by molar-refractivity contribution is 7.09. The number of likely N-dealkylation sites (N-methyl/N-ethyl adjacent to an activating group) is 1. The van der Waals surface area contributed by atoms with E-state index >= 15 is 0 Å². The molecule has 6 N–H and O–H groups in total. The first kappa shape index (κ1) is 49.6. The maximum Gasteiger partial charge on any atom is 0.407 e. The van der Waals surface area contributed by atoms with Gasteiger partial charge in [-0.2, -0.15) is 0 Å². The van der Waals surface area contributed by atoms with Crippen LogP contribution in [0.5, 0.6) is 0 Å². The van der Waals surface area contributed by atoms with Gasteiger partial charge in [-0.25, -0.2) is 14.8 Å². The fourth-order valence-corrected chi connectivity index (χ4v) is 7.96. The summed E-state index contributed by atoms with van der Waals surface area (Å²) in [6.07, 6.45) is 8.46. The van der Waals surface area contributed by atoms with Gasteiger partial charge in [0.2, 0.25) is 5.91 Å². The van der Waals surface area contributed by atoms with Gasteiger partial charge in [-0.05, 0) is 96.0 Å². The third-order valence-electron chi connectivity index (χ3n) is 11.0. The number of rotatable bonds is 23. The molecule has 332 valence electrons. The molecule has 1 aromatic carbocycles. The predicted molar refractivity (Wildman–Crippen MR) is 233 cm³/mol. The minimum absolute atomic E-state index is 0.0450. The van der Waals surface area contributed by atoms with E-state index in [0.29, 0.717) is 49.3 Å². The van der Waals surface area contributed by atoms with E-state index in [2.05, 4.69) is 26.9 Å². The Hall–Kier alpha value is -4.72. The summed E-state index contributed by atoms with van der Waals surface area (Å²) in [5, 5.41) is 21.8. The number of nitrogens with zero attached hydrogens (tertiary/aromatic N) is 3. The maximum atomic E-state index is 14.8. The molecule has 16 heteroatoms. The summed E-state index contributed by atoms with van der Waals surface area (Å²) in [5.41, 5.74) is 6.23. The van der Waals surface area contributed by atoms with Crippen molar-refractivity contribution in [2.75, 3.05) is 32.5 Å². The average Bonchev–Trinajstić information content (AvgIpc) is 3.70. The van der Waals surface area contributed by atoms with Crippen LogP contribution in [0.25, 0.3) is 0 Å². The van der Waals surface area contributed by atoms with Gasteiger partial charge in [0.15, 0.2) is 6.10 Å². The highest BCUT2D eigenvalue weighted by Crippen LogP contribution is 2.32. The topological polar surface area (TPSA) is 206 Å². The van der Waals surface area contributed by atoms with E-state index in [0.717, 1.165) is 36.3 Å². The number of unbranched alkanes of at least 4 members (excludes halogenated alkanes) is 1. The molecule has 0 bridgehead atoms. The molecular formula is C44H67N7O8S. The van der Waals surface area contributed by atoms with Crippen molar-refractivity contribution in [3.05, 3.63) is 45.9 Å². The lowest BCUT2D eigenvalue weighted by molar-refractivity contribution is -0.212. The number of carboxylic acids is 1. The average molecular weight is 854 g/mol. The van der Waals surface area contributed by atoms with E-state index in [1.165, 1.54) is 5.06 Å². The largest absolute Gasteiger partial charge is 0.481 e. The molecule has 6 atom stereocenters. The number of anilines is 1. The third kappa shape index (κ3) is 14.8. The number of hydroxylamine groups is 2. The molecule has 1 saturated heterocycles. The molecule has 15 nitrogen and oxygen atoms in total. The monoisotopic (exact) mass is 853 g/mol. The molecular weight excluding hydrogens is 787 g/mol. The van der Waals surface area contributed by atoms with Crippen LogP contribution in [0.15, 0.2) is 29.6 Å². The number of likely N-dealkylation sites (tertiary alicyclic amines) is 1. The number of hydrogen-bond donors (Lipinski definition) is 5. The number of carboxylic acid groups (broad SMARTS) is 1. The van der Waals surface area contributed by atoms with E-state index in [9.17, 15) is 29.1 Å². The molecule has 0 spiro atoms. The van der Waals surface area contributed by atoms with Crippen molar-refractivity contribution in [1.29, 1.82) is 0 Å². The number of hydrogen-bond acceptors (Lipinski definition) is 11. The molecule has 60 heavy (non-hydrogen) atoms. The number of piperidine rings is 1. The number of benzene rings is 1. The molecule has 2 aromatic rings. The van der Waals surface area contributed by atoms with Crippen LogP contribution in [-0.4, -0.2) is 101 Å². The zero-order valence-corrected chi connectivity index (χ0v) is 37.4. The second-order valence-electron chi connectivity index (χ2n) is 16.7. The Morgan fingerprint density at radius 2 is 1.82 bits per heavy atom. The summed E-state index contributed by atoms with van der Waals surface area (Å²) in [5.74, 6) is -0.0485. The Labute approximate surface area is 359 Å². The smallest absolute Gasteiger partial charge is 0.407 e. The first-order valence-electron chi connectivity index (χ1n) is 21.1. The van der Waals surface area contributed by atoms with E-state index in [4.69, 9.17) is 21.7 Å². The number of carbonyl (C=O) groups excluding carboxylic acids is 4. The first-order chi connectivity index (χ1) is 28.4. The fourth-order valence-electron chi connectivity index (χ4n) is 7.12. The Kier molecular flexibility index (Phi) is 19.8. The zero-order valence-electron chi connectivity index (χ0n) is 36.6. The van der Waals surface area contributed by atoms with Crippen LogP contribution in [0, 0.1) is 29.6 Å². The van der Waals surface area contributed by atoms with Gasteiger partial charge >= 0.3 is 12.1 Å². The predicted octanol–water partition coefficient (Wildman–Crippen LogP) is 5.96. The van der Waals surface area contributed by atoms with E-state index < -0.39 is 53.5 Å². The standard InChI is InChI=1S/C44H67N7O8S/c1-10-13-16-23-58-51(41(54)37(29(6)11-2)49-39(53)34-17-14-15-22-50(34)9)35(28(4)5)25-36(59-43(57)46-12-3)40-48-33(27-60-40)38(52)47-32(26-44(7,8)42(55)56)24-30-18-20-31(45)21-19-30/h1,18-21,27-29,32,34-37H,11-17,22-26,45H2,2-9H3,(H,46,57)(H,47,52)(H,49,53)(H,55,56)/t29-,32-,34+,35+,36+,37-/m0/s1. The molecule has 1 aliphatic heterocycles. The molecule has 1 aromatic heterocycles. The molecule has 3 rings (SSSR count). The number of aromatic nitrogens is 1. The fraction of sp³-hybridized carbons (Fsp3) is 0.636. The molecule has 0 saturated carbocycles. The van der Waals surface area contributed by atoms with Gasteiger partial charge in [-0.1, -0.05) is 52.7 Å². The van der Waals surface area contributed by atoms with Gasteiger partial charge < -0.3 is 31.5 Å². The van der Waals surface area contributed by atoms with Crippen molar-refractivity contribution in [2.24, 2.45) is 17.3 Å². The van der Waals surface area contributed by atoms with E-state index in [-0.39, 0.29) is 48.9 Å². The quantitative estimate of drug-likeness (QED) is 0.0382. The van der Waals surface area contributed by atoms with Crippen LogP contribution in [-0.2, 0) is 30.4 Å². The SMILES string of the molecule is C#CCCCON(C(=O)[C@@H](NC(=O)[C@H]1CCCCN1C)[C@@H](C)CC)[C@H](C[C@@H](OC(=O)NCC)c1nc(C(=O)N[C@@H](Cc2ccc(N)cc2)CC(C)(C)C(=O)O)cs1)C(C)C. The number of nitrogens with two attached hydrogens (primary N) is 1. The Balaban J connectivity index is 1.99. The highest BCUT2D eigenvalue weighted by Gasteiger charge is 2.40. The lowest BCUT2D eigenvalue weighted by Crippen LogP contribution is -2.58. The molecule has 2 heterocycles. The first-order valence-corrected chi connectivity index (χ1v) is 22.0. The number of terminal acetylenes is 1. The summed E-state index contributed by atoms with van der Waals surface area (Å²) in [7, 11) is 1.92. The molecule has 0 unspecified atom stereocenters. The van der Waals surface area contributed by atoms with Gasteiger partial charge in [0.1, 0.15) is 16.7 Å². The zero-order chi connectivity index (χ0) is 44.6. The number of thiazole rings is 1. The van der Waals surface area contributed by atoms with Crippen molar-refractivity contribution < 1.29 is 38.7 Å². The lowest BCUT2D eigenvalue weighted by Gasteiger charge is -2.39. The van der Waals surface area contributed by atoms with Crippen molar-refractivity contribution in [2.45, 2.75) is 137 Å². The summed E-state index contributed by atoms with van der Waals surface area (Å²) < 4.78 is 5.97. The van der Waals surface area contributed by atoms with Crippen molar-refractivity contribution in [3.63, 3.8) is 0 Å². The number of ether oxygens (including phenoxy) is 1. The van der Waals surface area contributed by atoms with Crippen LogP contribution < -0.4 is 21.7 Å². The molecule has 0 aliphatic carbocycles. The second-order valence-corrected chi connectivity index (χ2v) is 17.6. The van der Waals surface area contributed by atoms with Crippen LogP contribution in [0.4, 0.5) is 10.5 Å². The van der Waals surface area contributed by atoms with Crippen molar-refractivity contribution in [3.8, 4) is 12.3 Å². The van der Waals surface area contributed by atoms with Crippen LogP contribution in [0.2, 0.25) is 0 Å². The summed E-state index contributed by atoms with van der Waals surface area (Å²) in [6, 6.07) is 4.63. The highest BCUT2D eigenvalue weighted by atomic mass is 32.1. The number of alkyl carbamates (subject to hydrolysis) is 1.